The van der Waals surface area contributed by atoms with E-state index in [1.54, 1.807) is 6.07 Å². The number of nitrogens with zero attached hydrogens (tertiary/aromatic N) is 2. The summed E-state index contributed by atoms with van der Waals surface area (Å²) >= 11 is 0. The SMILES string of the molecule is Cc1cccc(C(=O)NCC(=O)NC2CN([C@H]3CC[C@@H](n4c(C)ccc4C)CC3)C2)c1. The van der Waals surface area contributed by atoms with Crippen LogP contribution >= 0.6 is 0 Å². The minimum Gasteiger partial charge on any atom is -0.349 e. The molecular formula is C25H34N4O2. The van der Waals surface area contributed by atoms with E-state index >= 15 is 0 Å². The maximum atomic E-state index is 12.2. The van der Waals surface area contributed by atoms with E-state index in [1.165, 1.54) is 37.1 Å². The molecule has 1 saturated carbocycles. The van der Waals surface area contributed by atoms with Crippen molar-refractivity contribution in [3.63, 3.8) is 0 Å². The third kappa shape index (κ3) is 5.01. The first-order valence-electron chi connectivity index (χ1n) is 11.4. The highest BCUT2D eigenvalue weighted by atomic mass is 16.2. The summed E-state index contributed by atoms with van der Waals surface area (Å²) < 4.78 is 2.50. The summed E-state index contributed by atoms with van der Waals surface area (Å²) in [5.74, 6) is -0.327. The first-order valence-corrected chi connectivity index (χ1v) is 11.4. The van der Waals surface area contributed by atoms with Crippen LogP contribution in [0, 0.1) is 20.8 Å². The topological polar surface area (TPSA) is 66.4 Å². The van der Waals surface area contributed by atoms with Crippen molar-refractivity contribution in [1.82, 2.24) is 20.1 Å². The summed E-state index contributed by atoms with van der Waals surface area (Å²) in [7, 11) is 0. The molecule has 6 nitrogen and oxygen atoms in total. The van der Waals surface area contributed by atoms with E-state index in [0.717, 1.165) is 18.7 Å². The Labute approximate surface area is 185 Å². The molecule has 2 fully saturated rings. The van der Waals surface area contributed by atoms with Crippen LogP contribution in [-0.4, -0.2) is 53.0 Å². The number of benzene rings is 1. The zero-order chi connectivity index (χ0) is 22.0. The van der Waals surface area contributed by atoms with Gasteiger partial charge in [0, 0.05) is 42.1 Å². The van der Waals surface area contributed by atoms with E-state index < -0.39 is 0 Å². The fourth-order valence-corrected chi connectivity index (χ4v) is 5.17. The van der Waals surface area contributed by atoms with Crippen molar-refractivity contribution in [3.8, 4) is 0 Å². The van der Waals surface area contributed by atoms with Gasteiger partial charge in [-0.05, 0) is 70.7 Å². The molecule has 0 radical (unpaired) electrons. The van der Waals surface area contributed by atoms with Crippen LogP contribution in [-0.2, 0) is 4.79 Å². The highest BCUT2D eigenvalue weighted by Gasteiger charge is 2.35. The summed E-state index contributed by atoms with van der Waals surface area (Å²) in [5.41, 5.74) is 4.34. The van der Waals surface area contributed by atoms with Gasteiger partial charge in [-0.3, -0.25) is 14.5 Å². The molecule has 1 saturated heterocycles. The minimum absolute atomic E-state index is 0.0178. The van der Waals surface area contributed by atoms with Crippen LogP contribution in [0.5, 0.6) is 0 Å². The summed E-state index contributed by atoms with van der Waals surface area (Å²) in [6.07, 6.45) is 4.88. The number of aromatic nitrogens is 1. The summed E-state index contributed by atoms with van der Waals surface area (Å²) in [5, 5.41) is 5.76. The highest BCUT2D eigenvalue weighted by Crippen LogP contribution is 2.34. The fraction of sp³-hybridized carbons (Fsp3) is 0.520. The van der Waals surface area contributed by atoms with Crippen molar-refractivity contribution < 1.29 is 9.59 Å². The molecule has 1 aliphatic carbocycles. The van der Waals surface area contributed by atoms with Gasteiger partial charge in [-0.1, -0.05) is 17.7 Å². The Hall–Kier alpha value is -2.60. The maximum absolute atomic E-state index is 12.2. The molecule has 31 heavy (non-hydrogen) atoms. The van der Waals surface area contributed by atoms with Crippen molar-refractivity contribution >= 4 is 11.8 Å². The van der Waals surface area contributed by atoms with Crippen LogP contribution < -0.4 is 10.6 Å². The lowest BCUT2D eigenvalue weighted by Crippen LogP contribution is -2.63. The molecule has 0 unspecified atom stereocenters. The monoisotopic (exact) mass is 422 g/mol. The van der Waals surface area contributed by atoms with E-state index in [9.17, 15) is 9.59 Å². The molecule has 1 aromatic heterocycles. The van der Waals surface area contributed by atoms with Crippen molar-refractivity contribution in [3.05, 3.63) is 58.9 Å². The standard InChI is InChI=1S/C25H34N4O2/c1-17-5-4-6-20(13-17)25(31)26-14-24(30)27-21-15-28(16-21)22-9-11-23(12-10-22)29-18(2)7-8-19(29)3/h4-8,13,21-23H,9-12,14-16H2,1-3H3,(H,26,31)(H,27,30)/t22-,23+. The average Bonchev–Trinajstić information content (AvgIpc) is 3.07. The Bertz CT molecular complexity index is 917. The second-order valence-corrected chi connectivity index (χ2v) is 9.22. The number of aryl methyl sites for hydroxylation is 3. The number of likely N-dealkylation sites (tertiary alicyclic amines) is 1. The third-order valence-electron chi connectivity index (χ3n) is 6.84. The highest BCUT2D eigenvalue weighted by molar-refractivity contribution is 5.96. The summed E-state index contributed by atoms with van der Waals surface area (Å²) in [4.78, 5) is 26.9. The van der Waals surface area contributed by atoms with Gasteiger partial charge in [0.1, 0.15) is 0 Å². The Balaban J connectivity index is 1.16. The summed E-state index contributed by atoms with van der Waals surface area (Å²) in [6, 6.07) is 13.3. The van der Waals surface area contributed by atoms with Gasteiger partial charge in [0.15, 0.2) is 0 Å². The molecule has 1 aromatic carbocycles. The molecule has 2 aliphatic rings. The van der Waals surface area contributed by atoms with Gasteiger partial charge >= 0.3 is 0 Å². The molecule has 4 rings (SSSR count). The molecule has 1 aliphatic heterocycles. The van der Waals surface area contributed by atoms with Gasteiger partial charge < -0.3 is 15.2 Å². The van der Waals surface area contributed by atoms with Crippen LogP contribution in [0.15, 0.2) is 36.4 Å². The molecule has 2 aromatic rings. The fourth-order valence-electron chi connectivity index (χ4n) is 5.17. The number of rotatable bonds is 6. The second-order valence-electron chi connectivity index (χ2n) is 9.22. The quantitative estimate of drug-likeness (QED) is 0.752. The van der Waals surface area contributed by atoms with E-state index in [0.29, 0.717) is 17.6 Å². The van der Waals surface area contributed by atoms with Crippen LogP contribution in [0.25, 0.3) is 0 Å². The zero-order valence-electron chi connectivity index (χ0n) is 18.9. The maximum Gasteiger partial charge on any atom is 0.251 e. The third-order valence-corrected chi connectivity index (χ3v) is 6.84. The van der Waals surface area contributed by atoms with Crippen molar-refractivity contribution in [1.29, 1.82) is 0 Å². The Morgan fingerprint density at radius 2 is 1.58 bits per heavy atom. The summed E-state index contributed by atoms with van der Waals surface area (Å²) in [6.45, 7) is 8.18. The molecule has 0 bridgehead atoms. The number of hydrogen-bond donors (Lipinski definition) is 2. The lowest BCUT2D eigenvalue weighted by molar-refractivity contribution is -0.122. The number of carbonyl (C=O) groups excluding carboxylic acids is 2. The molecule has 2 N–H and O–H groups in total. The van der Waals surface area contributed by atoms with Crippen LogP contribution in [0.3, 0.4) is 0 Å². The first kappa shape index (κ1) is 21.6. The van der Waals surface area contributed by atoms with Crippen LogP contribution in [0.1, 0.15) is 59.0 Å². The van der Waals surface area contributed by atoms with E-state index in [4.69, 9.17) is 0 Å². The molecular weight excluding hydrogens is 388 g/mol. The van der Waals surface area contributed by atoms with Crippen molar-refractivity contribution in [2.24, 2.45) is 0 Å². The number of carbonyl (C=O) groups is 2. The predicted molar refractivity (Wildman–Crippen MR) is 122 cm³/mol. The molecule has 0 spiro atoms. The Morgan fingerprint density at radius 3 is 2.23 bits per heavy atom. The molecule has 0 atom stereocenters. The Morgan fingerprint density at radius 1 is 0.935 bits per heavy atom. The van der Waals surface area contributed by atoms with Gasteiger partial charge in [-0.15, -0.1) is 0 Å². The normalized spacial score (nSPS) is 22.0. The van der Waals surface area contributed by atoms with Gasteiger partial charge in [-0.2, -0.15) is 0 Å². The molecule has 166 valence electrons. The zero-order valence-corrected chi connectivity index (χ0v) is 18.9. The average molecular weight is 423 g/mol. The molecule has 6 heteroatoms. The lowest BCUT2D eigenvalue weighted by atomic mass is 9.87. The van der Waals surface area contributed by atoms with Crippen molar-refractivity contribution in [2.75, 3.05) is 19.6 Å². The first-order chi connectivity index (χ1) is 14.9. The smallest absolute Gasteiger partial charge is 0.251 e. The Kier molecular flexibility index (Phi) is 6.46. The predicted octanol–water partition coefficient (Wildman–Crippen LogP) is 3.13. The minimum atomic E-state index is -0.209. The number of amides is 2. The number of nitrogens with one attached hydrogen (secondary N) is 2. The van der Waals surface area contributed by atoms with Crippen LogP contribution in [0.4, 0.5) is 0 Å². The molecule has 2 heterocycles. The van der Waals surface area contributed by atoms with E-state index in [-0.39, 0.29) is 24.4 Å². The van der Waals surface area contributed by atoms with Gasteiger partial charge in [0.2, 0.25) is 5.91 Å². The van der Waals surface area contributed by atoms with E-state index in [1.807, 2.05) is 25.1 Å². The van der Waals surface area contributed by atoms with E-state index in [2.05, 4.69) is 46.1 Å². The lowest BCUT2D eigenvalue weighted by Gasteiger charge is -2.47. The van der Waals surface area contributed by atoms with Gasteiger partial charge in [0.05, 0.1) is 12.6 Å². The molecule has 2 amide bonds. The van der Waals surface area contributed by atoms with Crippen molar-refractivity contribution in [2.45, 2.75) is 64.6 Å². The van der Waals surface area contributed by atoms with Crippen LogP contribution in [0.2, 0.25) is 0 Å². The largest absolute Gasteiger partial charge is 0.349 e. The number of hydrogen-bond acceptors (Lipinski definition) is 3. The van der Waals surface area contributed by atoms with Gasteiger partial charge in [-0.25, -0.2) is 0 Å². The second kappa shape index (κ2) is 9.27. The van der Waals surface area contributed by atoms with Gasteiger partial charge in [0.25, 0.3) is 5.91 Å².